The molecule has 0 fully saturated rings. The van der Waals surface area contributed by atoms with Crippen molar-refractivity contribution in [3.63, 3.8) is 0 Å². The highest BCUT2D eigenvalue weighted by atomic mass is 16.4. The van der Waals surface area contributed by atoms with Crippen LogP contribution in [0.2, 0.25) is 0 Å². The van der Waals surface area contributed by atoms with Crippen LogP contribution in [0.4, 0.5) is 0 Å². The largest absolute Gasteiger partial charge is 0.411 e. The molecule has 1 aromatic carbocycles. The third kappa shape index (κ3) is 2.02. The van der Waals surface area contributed by atoms with Crippen LogP contribution in [0, 0.1) is 0 Å². The molecule has 0 amide bonds. The molecule has 3 nitrogen and oxygen atoms in total. The molecule has 2 aromatic rings. The fraction of sp³-hybridized carbons (Fsp3) is 0. The number of oxime groups is 1. The Morgan fingerprint density at radius 3 is 2.60 bits per heavy atom. The molecular weight excluding hydrogens is 188 g/mol. The molecule has 0 unspecified atom stereocenters. The molecule has 0 saturated carbocycles. The lowest BCUT2D eigenvalue weighted by Crippen LogP contribution is -1.91. The Balaban J connectivity index is 2.53. The summed E-state index contributed by atoms with van der Waals surface area (Å²) < 4.78 is 0. The number of aromatic nitrogens is 1. The van der Waals surface area contributed by atoms with E-state index in [0.717, 1.165) is 11.1 Å². The van der Waals surface area contributed by atoms with Crippen LogP contribution in [0.15, 0.2) is 53.8 Å². The van der Waals surface area contributed by atoms with Crippen molar-refractivity contribution in [2.24, 2.45) is 5.16 Å². The minimum absolute atomic E-state index is 0.659. The Morgan fingerprint density at radius 2 is 1.87 bits per heavy atom. The Hall–Kier alpha value is -2.16. The predicted octanol–water partition coefficient (Wildman–Crippen LogP) is 2.56. The molecule has 1 heterocycles. The first-order valence-corrected chi connectivity index (χ1v) is 4.59. The van der Waals surface area contributed by atoms with E-state index in [1.54, 1.807) is 6.20 Å². The van der Waals surface area contributed by atoms with Gasteiger partial charge in [-0.05, 0) is 11.6 Å². The minimum atomic E-state index is 0.659. The average Bonchev–Trinajstić information content (AvgIpc) is 2.31. The van der Waals surface area contributed by atoms with Gasteiger partial charge in [0.2, 0.25) is 0 Å². The Kier molecular flexibility index (Phi) is 2.74. The Labute approximate surface area is 87.7 Å². The van der Waals surface area contributed by atoms with E-state index in [4.69, 9.17) is 5.21 Å². The van der Waals surface area contributed by atoms with Gasteiger partial charge in [0.1, 0.15) is 0 Å². The van der Waals surface area contributed by atoms with E-state index in [9.17, 15) is 0 Å². The zero-order chi connectivity index (χ0) is 10.5. The number of hydrogen-bond acceptors (Lipinski definition) is 3. The summed E-state index contributed by atoms with van der Waals surface area (Å²) in [7, 11) is 0. The van der Waals surface area contributed by atoms with Crippen molar-refractivity contribution in [2.75, 3.05) is 0 Å². The van der Waals surface area contributed by atoms with Crippen LogP contribution in [0.25, 0.3) is 11.1 Å². The monoisotopic (exact) mass is 198 g/mol. The third-order valence-corrected chi connectivity index (χ3v) is 2.10. The molecule has 3 heteroatoms. The van der Waals surface area contributed by atoms with Crippen molar-refractivity contribution in [1.29, 1.82) is 0 Å². The summed E-state index contributed by atoms with van der Waals surface area (Å²) in [6.07, 6.45) is 3.01. The van der Waals surface area contributed by atoms with Crippen molar-refractivity contribution in [2.45, 2.75) is 0 Å². The lowest BCUT2D eigenvalue weighted by molar-refractivity contribution is 0.321. The number of rotatable bonds is 2. The maximum atomic E-state index is 8.52. The molecule has 0 saturated heterocycles. The van der Waals surface area contributed by atoms with Crippen molar-refractivity contribution < 1.29 is 5.21 Å². The van der Waals surface area contributed by atoms with E-state index in [0.29, 0.717) is 5.69 Å². The standard InChI is InChI=1S/C12H10N2O/c15-14-9-12-11(7-4-8-13-12)10-5-2-1-3-6-10/h1-9,15H. The summed E-state index contributed by atoms with van der Waals surface area (Å²) in [6, 6.07) is 13.7. The molecule has 74 valence electrons. The number of hydrogen-bond donors (Lipinski definition) is 1. The van der Waals surface area contributed by atoms with Crippen LogP contribution in [-0.4, -0.2) is 16.4 Å². The molecule has 15 heavy (non-hydrogen) atoms. The zero-order valence-electron chi connectivity index (χ0n) is 8.04. The van der Waals surface area contributed by atoms with Crippen molar-refractivity contribution in [3.05, 3.63) is 54.4 Å². The lowest BCUT2D eigenvalue weighted by Gasteiger charge is -2.03. The highest BCUT2D eigenvalue weighted by molar-refractivity contribution is 5.87. The van der Waals surface area contributed by atoms with Gasteiger partial charge < -0.3 is 5.21 Å². The summed E-state index contributed by atoms with van der Waals surface area (Å²) in [5.41, 5.74) is 2.67. The van der Waals surface area contributed by atoms with Crippen LogP contribution in [0.3, 0.4) is 0 Å². The topological polar surface area (TPSA) is 45.5 Å². The maximum absolute atomic E-state index is 8.52. The molecule has 2 rings (SSSR count). The van der Waals surface area contributed by atoms with Crippen molar-refractivity contribution in [3.8, 4) is 11.1 Å². The predicted molar refractivity (Wildman–Crippen MR) is 59.1 cm³/mol. The van der Waals surface area contributed by atoms with Crippen molar-refractivity contribution in [1.82, 2.24) is 4.98 Å². The maximum Gasteiger partial charge on any atom is 0.0924 e. The van der Waals surface area contributed by atoms with Crippen LogP contribution < -0.4 is 0 Å². The first-order chi connectivity index (χ1) is 7.42. The number of pyridine rings is 1. The highest BCUT2D eigenvalue weighted by Gasteiger charge is 2.02. The summed E-state index contributed by atoms with van der Waals surface area (Å²) in [5, 5.41) is 11.5. The van der Waals surface area contributed by atoms with E-state index in [2.05, 4.69) is 10.1 Å². The number of benzene rings is 1. The van der Waals surface area contributed by atoms with E-state index in [1.807, 2.05) is 42.5 Å². The van der Waals surface area contributed by atoms with Gasteiger partial charge in [0.15, 0.2) is 0 Å². The third-order valence-electron chi connectivity index (χ3n) is 2.10. The van der Waals surface area contributed by atoms with Gasteiger partial charge in [-0.3, -0.25) is 4.98 Å². The molecule has 1 N–H and O–H groups in total. The van der Waals surface area contributed by atoms with Gasteiger partial charge in [-0.25, -0.2) is 0 Å². The Morgan fingerprint density at radius 1 is 1.07 bits per heavy atom. The quantitative estimate of drug-likeness (QED) is 0.458. The van der Waals surface area contributed by atoms with Gasteiger partial charge in [-0.15, -0.1) is 0 Å². The van der Waals surface area contributed by atoms with Crippen LogP contribution in [0.1, 0.15) is 5.69 Å². The molecule has 0 aliphatic rings. The van der Waals surface area contributed by atoms with Gasteiger partial charge in [0.25, 0.3) is 0 Å². The second kappa shape index (κ2) is 4.37. The van der Waals surface area contributed by atoms with Crippen molar-refractivity contribution >= 4 is 6.21 Å². The van der Waals surface area contributed by atoms with Crippen LogP contribution in [0.5, 0.6) is 0 Å². The van der Waals surface area contributed by atoms with Gasteiger partial charge in [-0.2, -0.15) is 0 Å². The van der Waals surface area contributed by atoms with E-state index in [-0.39, 0.29) is 0 Å². The minimum Gasteiger partial charge on any atom is -0.411 e. The normalized spacial score (nSPS) is 10.7. The first-order valence-electron chi connectivity index (χ1n) is 4.59. The van der Waals surface area contributed by atoms with Gasteiger partial charge in [-0.1, -0.05) is 41.6 Å². The lowest BCUT2D eigenvalue weighted by atomic mass is 10.0. The average molecular weight is 198 g/mol. The van der Waals surface area contributed by atoms with Gasteiger partial charge >= 0.3 is 0 Å². The van der Waals surface area contributed by atoms with E-state index < -0.39 is 0 Å². The highest BCUT2D eigenvalue weighted by Crippen LogP contribution is 2.20. The molecule has 0 bridgehead atoms. The summed E-state index contributed by atoms with van der Waals surface area (Å²) in [5.74, 6) is 0. The van der Waals surface area contributed by atoms with E-state index >= 15 is 0 Å². The first kappa shape index (κ1) is 9.40. The molecule has 0 aliphatic carbocycles. The van der Waals surface area contributed by atoms with E-state index in [1.165, 1.54) is 6.21 Å². The zero-order valence-corrected chi connectivity index (χ0v) is 8.04. The molecule has 0 atom stereocenters. The molecule has 0 aliphatic heterocycles. The fourth-order valence-corrected chi connectivity index (χ4v) is 1.44. The number of nitrogens with zero attached hydrogens (tertiary/aromatic N) is 2. The van der Waals surface area contributed by atoms with Gasteiger partial charge in [0, 0.05) is 11.8 Å². The Bertz CT molecular complexity index is 466. The molecular formula is C12H10N2O. The second-order valence-corrected chi connectivity index (χ2v) is 3.05. The van der Waals surface area contributed by atoms with Crippen LogP contribution in [-0.2, 0) is 0 Å². The van der Waals surface area contributed by atoms with Crippen LogP contribution >= 0.6 is 0 Å². The molecule has 0 spiro atoms. The molecule has 0 radical (unpaired) electrons. The second-order valence-electron chi connectivity index (χ2n) is 3.05. The summed E-state index contributed by atoms with van der Waals surface area (Å²) in [4.78, 5) is 4.14. The smallest absolute Gasteiger partial charge is 0.0924 e. The summed E-state index contributed by atoms with van der Waals surface area (Å²) in [6.45, 7) is 0. The summed E-state index contributed by atoms with van der Waals surface area (Å²) >= 11 is 0. The molecule has 1 aromatic heterocycles. The SMILES string of the molecule is ON=Cc1ncccc1-c1ccccc1. The fourth-order valence-electron chi connectivity index (χ4n) is 1.44. The van der Waals surface area contributed by atoms with Gasteiger partial charge in [0.05, 0.1) is 11.9 Å².